The number of rotatable bonds is 5. The molecule has 34 heavy (non-hydrogen) atoms. The third kappa shape index (κ3) is 4.98. The Kier molecular flexibility index (Phi) is 6.20. The van der Waals surface area contributed by atoms with Gasteiger partial charge in [-0.2, -0.15) is 13.2 Å². The third-order valence-corrected chi connectivity index (χ3v) is 5.35. The maximum Gasteiger partial charge on any atom is 0.416 e. The maximum atomic E-state index is 13.8. The quantitative estimate of drug-likeness (QED) is 0.243. The highest BCUT2D eigenvalue weighted by atomic mass is 19.4. The molecule has 0 aliphatic rings. The fourth-order valence-corrected chi connectivity index (χ4v) is 3.60. The molecule has 0 unspecified atom stereocenters. The van der Waals surface area contributed by atoms with Gasteiger partial charge in [-0.25, -0.2) is 4.39 Å². The van der Waals surface area contributed by atoms with Crippen LogP contribution in [0.5, 0.6) is 0 Å². The number of alkyl halides is 3. The molecule has 3 aromatic carbocycles. The molecule has 7 heteroatoms. The molecule has 1 N–H and O–H groups in total. The first-order valence-corrected chi connectivity index (χ1v) is 10.4. The van der Waals surface area contributed by atoms with E-state index in [2.05, 4.69) is 10.3 Å². The molecule has 0 spiro atoms. The Balaban J connectivity index is 1.89. The second kappa shape index (κ2) is 9.09. The molecule has 1 heterocycles. The molecule has 4 rings (SSSR count). The van der Waals surface area contributed by atoms with Crippen molar-refractivity contribution >= 4 is 34.1 Å². The third-order valence-electron chi connectivity index (χ3n) is 5.35. The molecule has 0 radical (unpaired) electrons. The summed E-state index contributed by atoms with van der Waals surface area (Å²) in [4.78, 5) is 16.0. The van der Waals surface area contributed by atoms with E-state index in [1.807, 2.05) is 12.1 Å². The lowest BCUT2D eigenvalue weighted by atomic mass is 9.99. The van der Waals surface area contributed by atoms with Gasteiger partial charge in [0.2, 0.25) is 0 Å². The number of carbonyl (C=O) groups is 1. The van der Waals surface area contributed by atoms with Gasteiger partial charge in [0.25, 0.3) is 0 Å². The smallest absolute Gasteiger partial charge is 0.354 e. The zero-order chi connectivity index (χ0) is 24.5. The minimum absolute atomic E-state index is 0.180. The number of aryl methyl sites for hydroxylation is 1. The number of nitrogens with one attached hydrogen (secondary N) is 1. The van der Waals surface area contributed by atoms with Crippen molar-refractivity contribution < 1.29 is 22.4 Å². The van der Waals surface area contributed by atoms with Gasteiger partial charge < -0.3 is 5.32 Å². The Labute approximate surface area is 193 Å². The predicted molar refractivity (Wildman–Crippen MR) is 126 cm³/mol. The van der Waals surface area contributed by atoms with Crippen molar-refractivity contribution in [1.29, 1.82) is 0 Å². The number of halogens is 4. The van der Waals surface area contributed by atoms with Crippen molar-refractivity contribution in [3.05, 3.63) is 95.4 Å². The summed E-state index contributed by atoms with van der Waals surface area (Å²) in [7, 11) is 0. The molecule has 0 aliphatic carbocycles. The Morgan fingerprint density at radius 3 is 2.44 bits per heavy atom. The molecule has 0 saturated carbocycles. The lowest BCUT2D eigenvalue weighted by molar-refractivity contribution is -0.137. The average Bonchev–Trinajstić information content (AvgIpc) is 2.79. The minimum atomic E-state index is -4.48. The van der Waals surface area contributed by atoms with Crippen LogP contribution in [0.1, 0.15) is 23.6 Å². The van der Waals surface area contributed by atoms with Crippen LogP contribution in [-0.4, -0.2) is 10.8 Å². The average molecular weight is 464 g/mol. The standard InChI is InChI=1S/C27H20F4N2O/c1-16-12-18(8-10-24(16)28)19-9-11-25-23(13-19)26(20(15-32-25)7-6-17(2)34)33-22-5-3-4-21(14-22)27(29,30)31/h3-15H,1-2H3,(H,32,33)/b7-6+. The monoisotopic (exact) mass is 464 g/mol. The first-order valence-electron chi connectivity index (χ1n) is 10.4. The van der Waals surface area contributed by atoms with Crippen molar-refractivity contribution in [2.75, 3.05) is 5.32 Å². The molecule has 0 saturated heterocycles. The molecule has 0 atom stereocenters. The van der Waals surface area contributed by atoms with E-state index < -0.39 is 11.7 Å². The van der Waals surface area contributed by atoms with Gasteiger partial charge in [-0.05, 0) is 85.2 Å². The van der Waals surface area contributed by atoms with E-state index in [0.29, 0.717) is 27.7 Å². The number of nitrogens with zero attached hydrogens (tertiary/aromatic N) is 1. The zero-order valence-corrected chi connectivity index (χ0v) is 18.4. The molecular formula is C27H20F4N2O. The predicted octanol–water partition coefficient (Wildman–Crippen LogP) is 7.71. The molecule has 172 valence electrons. The van der Waals surface area contributed by atoms with Crippen LogP contribution in [-0.2, 0) is 11.0 Å². The lowest BCUT2D eigenvalue weighted by Gasteiger charge is -2.16. The lowest BCUT2D eigenvalue weighted by Crippen LogP contribution is -2.05. The van der Waals surface area contributed by atoms with E-state index in [4.69, 9.17) is 0 Å². The zero-order valence-electron chi connectivity index (χ0n) is 18.4. The van der Waals surface area contributed by atoms with Crippen LogP contribution >= 0.6 is 0 Å². The van der Waals surface area contributed by atoms with Crippen LogP contribution < -0.4 is 5.32 Å². The summed E-state index contributed by atoms with van der Waals surface area (Å²) in [6, 6.07) is 15.1. The van der Waals surface area contributed by atoms with Crippen LogP contribution in [0.3, 0.4) is 0 Å². The van der Waals surface area contributed by atoms with Gasteiger partial charge in [-0.1, -0.05) is 18.2 Å². The van der Waals surface area contributed by atoms with Crippen molar-refractivity contribution in [2.24, 2.45) is 0 Å². The highest BCUT2D eigenvalue weighted by Crippen LogP contribution is 2.36. The summed E-state index contributed by atoms with van der Waals surface area (Å²) >= 11 is 0. The van der Waals surface area contributed by atoms with E-state index in [1.165, 1.54) is 31.2 Å². The number of carbonyl (C=O) groups excluding carboxylic acids is 1. The Bertz CT molecular complexity index is 1420. The number of ketones is 1. The Morgan fingerprint density at radius 2 is 1.74 bits per heavy atom. The molecule has 4 aromatic rings. The Hall–Kier alpha value is -4.00. The van der Waals surface area contributed by atoms with Gasteiger partial charge in [0, 0.05) is 22.8 Å². The molecule has 0 fully saturated rings. The summed E-state index contributed by atoms with van der Waals surface area (Å²) < 4.78 is 53.5. The van der Waals surface area contributed by atoms with E-state index in [0.717, 1.165) is 23.3 Å². The first kappa shape index (κ1) is 23.2. The topological polar surface area (TPSA) is 42.0 Å². The van der Waals surface area contributed by atoms with Crippen LogP contribution in [0.15, 0.2) is 72.9 Å². The van der Waals surface area contributed by atoms with E-state index in [9.17, 15) is 22.4 Å². The summed E-state index contributed by atoms with van der Waals surface area (Å²) in [5.74, 6) is -0.490. The molecule has 1 aromatic heterocycles. The molecule has 0 bridgehead atoms. The fourth-order valence-electron chi connectivity index (χ4n) is 3.60. The highest BCUT2D eigenvalue weighted by molar-refractivity contribution is 6.01. The van der Waals surface area contributed by atoms with Gasteiger partial charge in [0.05, 0.1) is 16.8 Å². The number of aromatic nitrogens is 1. The highest BCUT2D eigenvalue weighted by Gasteiger charge is 2.30. The van der Waals surface area contributed by atoms with Crippen LogP contribution in [0, 0.1) is 12.7 Å². The van der Waals surface area contributed by atoms with Crippen molar-refractivity contribution in [3.8, 4) is 11.1 Å². The summed E-state index contributed by atoms with van der Waals surface area (Å²) in [5.41, 5.74) is 3.18. The fraction of sp³-hybridized carbons (Fsp3) is 0.111. The van der Waals surface area contributed by atoms with Gasteiger partial charge in [-0.3, -0.25) is 9.78 Å². The van der Waals surface area contributed by atoms with Gasteiger partial charge in [-0.15, -0.1) is 0 Å². The number of pyridine rings is 1. The largest absolute Gasteiger partial charge is 0.416 e. The van der Waals surface area contributed by atoms with E-state index in [-0.39, 0.29) is 17.3 Å². The maximum absolute atomic E-state index is 13.8. The Morgan fingerprint density at radius 1 is 1.00 bits per heavy atom. The SMILES string of the molecule is CC(=O)/C=C/c1cnc2ccc(-c3ccc(F)c(C)c3)cc2c1Nc1cccc(C(F)(F)F)c1. The van der Waals surface area contributed by atoms with Gasteiger partial charge >= 0.3 is 6.18 Å². The number of allylic oxidation sites excluding steroid dienone is 1. The number of fused-ring (bicyclic) bond motifs is 1. The summed E-state index contributed by atoms with van der Waals surface area (Å²) in [6.07, 6.45) is 0.00911. The van der Waals surface area contributed by atoms with Crippen LogP contribution in [0.4, 0.5) is 28.9 Å². The first-order chi connectivity index (χ1) is 16.1. The second-order valence-corrected chi connectivity index (χ2v) is 7.93. The number of hydrogen-bond donors (Lipinski definition) is 1. The van der Waals surface area contributed by atoms with Gasteiger partial charge in [0.15, 0.2) is 5.78 Å². The molecular weight excluding hydrogens is 444 g/mol. The molecule has 3 nitrogen and oxygen atoms in total. The van der Waals surface area contributed by atoms with Crippen molar-refractivity contribution in [1.82, 2.24) is 4.98 Å². The summed E-state index contributed by atoms with van der Waals surface area (Å²) in [5, 5.41) is 3.73. The minimum Gasteiger partial charge on any atom is -0.354 e. The normalized spacial score (nSPS) is 11.8. The van der Waals surface area contributed by atoms with Crippen LogP contribution in [0.2, 0.25) is 0 Å². The van der Waals surface area contributed by atoms with Crippen LogP contribution in [0.25, 0.3) is 28.1 Å². The molecule has 0 aliphatic heterocycles. The van der Waals surface area contributed by atoms with Crippen molar-refractivity contribution in [3.63, 3.8) is 0 Å². The number of hydrogen-bond acceptors (Lipinski definition) is 3. The van der Waals surface area contributed by atoms with E-state index >= 15 is 0 Å². The number of anilines is 2. The molecule has 0 amide bonds. The summed E-state index contributed by atoms with van der Waals surface area (Å²) in [6.45, 7) is 3.08. The van der Waals surface area contributed by atoms with Gasteiger partial charge in [0.1, 0.15) is 5.82 Å². The second-order valence-electron chi connectivity index (χ2n) is 7.93. The van der Waals surface area contributed by atoms with Crippen molar-refractivity contribution in [2.45, 2.75) is 20.0 Å². The van der Waals surface area contributed by atoms with E-state index in [1.54, 1.807) is 37.4 Å². The number of benzene rings is 3.